The van der Waals surface area contributed by atoms with Crippen LogP contribution in [0.25, 0.3) is 0 Å². The van der Waals surface area contributed by atoms with Gasteiger partial charge < -0.3 is 4.84 Å². The summed E-state index contributed by atoms with van der Waals surface area (Å²) in [5.41, 5.74) is 1.05. The summed E-state index contributed by atoms with van der Waals surface area (Å²) in [5, 5.41) is 0. The van der Waals surface area contributed by atoms with E-state index in [0.717, 1.165) is 10.0 Å². The molecule has 0 unspecified atom stereocenters. The fourth-order valence-electron chi connectivity index (χ4n) is 2.22. The van der Waals surface area contributed by atoms with Crippen molar-refractivity contribution in [2.24, 2.45) is 0 Å². The Morgan fingerprint density at radius 2 is 1.67 bits per heavy atom. The summed E-state index contributed by atoms with van der Waals surface area (Å²) in [4.78, 5) is 17.2. The number of carbonyl (C=O) groups excluding carboxylic acids is 1. The molecule has 0 spiro atoms. The molecule has 21 heavy (non-hydrogen) atoms. The molecule has 3 rings (SSSR count). The van der Waals surface area contributed by atoms with Crippen LogP contribution in [-0.4, -0.2) is 25.4 Å². The number of hydrogen-bond donors (Lipinski definition) is 0. The van der Waals surface area contributed by atoms with Crippen molar-refractivity contribution in [2.45, 2.75) is 11.3 Å². The van der Waals surface area contributed by atoms with Crippen LogP contribution in [0.3, 0.4) is 0 Å². The molecule has 0 bridgehead atoms. The normalized spacial score (nSPS) is 17.0. The lowest BCUT2D eigenvalue weighted by Gasteiger charge is -2.26. The first-order valence-corrected chi connectivity index (χ1v) is 7.91. The summed E-state index contributed by atoms with van der Waals surface area (Å²) in [6, 6.07) is 15.0. The number of carbonyl (C=O) groups is 1. The molecular weight excluding hydrogens is 290 g/mol. The topological polar surface area (TPSA) is 63.7 Å². The molecule has 108 valence electrons. The van der Waals surface area contributed by atoms with Crippen LogP contribution >= 0.6 is 0 Å². The van der Waals surface area contributed by atoms with E-state index in [9.17, 15) is 13.2 Å². The zero-order valence-corrected chi connectivity index (χ0v) is 11.9. The van der Waals surface area contributed by atoms with Crippen molar-refractivity contribution in [1.82, 2.24) is 4.47 Å². The van der Waals surface area contributed by atoms with Gasteiger partial charge in [0.25, 0.3) is 10.0 Å². The van der Waals surface area contributed by atoms with Crippen LogP contribution in [0.4, 0.5) is 0 Å². The second-order valence-electron chi connectivity index (χ2n) is 4.63. The minimum absolute atomic E-state index is 0.123. The predicted molar refractivity (Wildman–Crippen MR) is 75.9 cm³/mol. The van der Waals surface area contributed by atoms with Crippen molar-refractivity contribution in [1.29, 1.82) is 0 Å². The van der Waals surface area contributed by atoms with E-state index in [-0.39, 0.29) is 11.4 Å². The highest BCUT2D eigenvalue weighted by atomic mass is 32.2. The Hall–Kier alpha value is -2.18. The minimum Gasteiger partial charge on any atom is -0.348 e. The smallest absolute Gasteiger partial charge is 0.348 e. The van der Waals surface area contributed by atoms with Gasteiger partial charge in [-0.3, -0.25) is 0 Å². The second-order valence-corrected chi connectivity index (χ2v) is 6.43. The molecule has 0 fully saturated rings. The maximum Gasteiger partial charge on any atom is 0.357 e. The summed E-state index contributed by atoms with van der Waals surface area (Å²) in [5.74, 6) is -0.682. The van der Waals surface area contributed by atoms with E-state index in [1.165, 1.54) is 6.07 Å². The Bertz CT molecular complexity index is 771. The van der Waals surface area contributed by atoms with Crippen LogP contribution in [0.5, 0.6) is 0 Å². The summed E-state index contributed by atoms with van der Waals surface area (Å²) in [7, 11) is -3.80. The van der Waals surface area contributed by atoms with Crippen molar-refractivity contribution < 1.29 is 18.0 Å². The van der Waals surface area contributed by atoms with E-state index in [2.05, 4.69) is 0 Å². The number of benzene rings is 2. The highest BCUT2D eigenvalue weighted by Gasteiger charge is 2.34. The third-order valence-corrected chi connectivity index (χ3v) is 5.02. The van der Waals surface area contributed by atoms with Gasteiger partial charge in [0.05, 0.1) is 17.0 Å². The molecule has 0 N–H and O–H groups in total. The lowest BCUT2D eigenvalue weighted by atomic mass is 10.1. The van der Waals surface area contributed by atoms with Crippen LogP contribution in [0.1, 0.15) is 15.9 Å². The highest BCUT2D eigenvalue weighted by molar-refractivity contribution is 7.89. The molecule has 1 heterocycles. The Balaban J connectivity index is 1.87. The Kier molecular flexibility index (Phi) is 3.48. The molecule has 0 aliphatic carbocycles. The first-order chi connectivity index (χ1) is 10.1. The summed E-state index contributed by atoms with van der Waals surface area (Å²) < 4.78 is 25.6. The largest absolute Gasteiger partial charge is 0.357 e. The average Bonchev–Trinajstić information content (AvgIpc) is 2.51. The van der Waals surface area contributed by atoms with Gasteiger partial charge >= 0.3 is 5.97 Å². The fourth-order valence-corrected chi connectivity index (χ4v) is 3.69. The first kappa shape index (κ1) is 13.8. The van der Waals surface area contributed by atoms with E-state index in [1.54, 1.807) is 48.5 Å². The average molecular weight is 303 g/mol. The highest BCUT2D eigenvalue weighted by Crippen LogP contribution is 2.26. The molecule has 1 aliphatic rings. The standard InChI is InChI=1S/C15H13NO4S/c17-15(13-7-2-1-3-8-13)20-16-11-10-12-6-4-5-9-14(12)21(16,18)19/h1-9H,10-11H2. The molecule has 0 saturated carbocycles. The lowest BCUT2D eigenvalue weighted by molar-refractivity contribution is -0.0455. The van der Waals surface area contributed by atoms with Gasteiger partial charge in [-0.2, -0.15) is 0 Å². The van der Waals surface area contributed by atoms with Gasteiger partial charge in [0.1, 0.15) is 0 Å². The molecular formula is C15H13NO4S. The molecule has 0 aromatic heterocycles. The van der Waals surface area contributed by atoms with Crippen molar-refractivity contribution >= 4 is 16.0 Å². The second kappa shape index (κ2) is 5.31. The number of nitrogens with zero attached hydrogens (tertiary/aromatic N) is 1. The molecule has 0 saturated heterocycles. The van der Waals surface area contributed by atoms with Gasteiger partial charge in [-0.15, -0.1) is 0 Å². The molecule has 2 aromatic carbocycles. The number of hydrogen-bond acceptors (Lipinski definition) is 4. The lowest BCUT2D eigenvalue weighted by Crippen LogP contribution is -2.39. The van der Waals surface area contributed by atoms with Gasteiger partial charge in [0.15, 0.2) is 0 Å². The first-order valence-electron chi connectivity index (χ1n) is 6.47. The zero-order chi connectivity index (χ0) is 14.9. The van der Waals surface area contributed by atoms with Crippen molar-refractivity contribution in [3.63, 3.8) is 0 Å². The SMILES string of the molecule is O=C(ON1CCc2ccccc2S1(=O)=O)c1ccccc1. The van der Waals surface area contributed by atoms with Crippen LogP contribution in [0.15, 0.2) is 59.5 Å². The Morgan fingerprint density at radius 1 is 1.00 bits per heavy atom. The monoisotopic (exact) mass is 303 g/mol. The quantitative estimate of drug-likeness (QED) is 0.851. The fraction of sp³-hybridized carbons (Fsp3) is 0.133. The molecule has 6 heteroatoms. The van der Waals surface area contributed by atoms with Crippen molar-refractivity contribution in [2.75, 3.05) is 6.54 Å². The van der Waals surface area contributed by atoms with Crippen LogP contribution in [0, 0.1) is 0 Å². The van der Waals surface area contributed by atoms with E-state index in [0.29, 0.717) is 12.0 Å². The van der Waals surface area contributed by atoms with Crippen molar-refractivity contribution in [3.05, 3.63) is 65.7 Å². The van der Waals surface area contributed by atoms with E-state index >= 15 is 0 Å². The molecule has 5 nitrogen and oxygen atoms in total. The molecule has 1 aliphatic heterocycles. The summed E-state index contributed by atoms with van der Waals surface area (Å²) in [6.07, 6.45) is 0.511. The predicted octanol–water partition coefficient (Wildman–Crippen LogP) is 2.01. The molecule has 0 atom stereocenters. The molecule has 0 radical (unpaired) electrons. The van der Waals surface area contributed by atoms with Crippen molar-refractivity contribution in [3.8, 4) is 0 Å². The number of fused-ring (bicyclic) bond motifs is 1. The molecule has 2 aromatic rings. The van der Waals surface area contributed by atoms with Crippen LogP contribution in [0.2, 0.25) is 0 Å². The third-order valence-electron chi connectivity index (χ3n) is 3.28. The third kappa shape index (κ3) is 2.55. The Morgan fingerprint density at radius 3 is 2.43 bits per heavy atom. The maximum atomic E-state index is 12.4. The van der Waals surface area contributed by atoms with E-state index in [1.807, 2.05) is 0 Å². The Labute approximate surface area is 122 Å². The number of rotatable bonds is 2. The van der Waals surface area contributed by atoms with E-state index in [4.69, 9.17) is 4.84 Å². The molecule has 0 amide bonds. The van der Waals surface area contributed by atoms with Gasteiger partial charge in [0, 0.05) is 0 Å². The van der Waals surface area contributed by atoms with Crippen LogP contribution < -0.4 is 0 Å². The zero-order valence-electron chi connectivity index (χ0n) is 11.1. The van der Waals surface area contributed by atoms with E-state index < -0.39 is 16.0 Å². The van der Waals surface area contributed by atoms with Crippen LogP contribution in [-0.2, 0) is 21.3 Å². The minimum atomic E-state index is -3.80. The summed E-state index contributed by atoms with van der Waals surface area (Å²) in [6.45, 7) is 0.123. The summed E-state index contributed by atoms with van der Waals surface area (Å²) >= 11 is 0. The van der Waals surface area contributed by atoms with Gasteiger partial charge in [-0.05, 0) is 34.7 Å². The maximum absolute atomic E-state index is 12.4. The van der Waals surface area contributed by atoms with Gasteiger partial charge in [-0.25, -0.2) is 13.2 Å². The number of hydroxylamine groups is 1. The number of sulfonamides is 1. The van der Waals surface area contributed by atoms with Gasteiger partial charge in [-0.1, -0.05) is 36.4 Å². The van der Waals surface area contributed by atoms with Gasteiger partial charge in [0.2, 0.25) is 0 Å².